The second-order valence-corrected chi connectivity index (χ2v) is 8.84. The lowest BCUT2D eigenvalue weighted by Gasteiger charge is -2.23. The van der Waals surface area contributed by atoms with Crippen LogP contribution in [0.1, 0.15) is 26.3 Å². The minimum Gasteiger partial charge on any atom is -0.465 e. The molecule has 9 heteroatoms. The summed E-state index contributed by atoms with van der Waals surface area (Å²) in [5.74, 6) is -1.40. The van der Waals surface area contributed by atoms with Crippen LogP contribution in [0.5, 0.6) is 0 Å². The Labute approximate surface area is 185 Å². The highest BCUT2D eigenvalue weighted by molar-refractivity contribution is 7.92. The second kappa shape index (κ2) is 9.61. The molecule has 0 saturated carbocycles. The Balaban J connectivity index is 1.76. The third-order valence-electron chi connectivity index (χ3n) is 4.65. The van der Waals surface area contributed by atoms with E-state index in [2.05, 4.69) is 10.1 Å². The molecule has 0 spiro atoms. The highest BCUT2D eigenvalue weighted by atomic mass is 32.2. The van der Waals surface area contributed by atoms with Crippen molar-refractivity contribution in [2.75, 3.05) is 23.0 Å². The first-order valence-corrected chi connectivity index (χ1v) is 11.3. The lowest BCUT2D eigenvalue weighted by molar-refractivity contribution is 0.0600. The molecular formula is C23H21FN2O5S. The molecular weight excluding hydrogens is 435 g/mol. The van der Waals surface area contributed by atoms with E-state index < -0.39 is 27.7 Å². The maximum atomic E-state index is 14.0. The standard InChI is InChI=1S/C23H21FN2O5S/c1-31-23(28)17-7-11-19(12-8-17)25-22(27)16-9-13-20(14-10-16)26(32(2,29)30)15-18-5-3-4-6-21(18)24/h3-14H,15H2,1-2H3,(H,25,27). The third kappa shape index (κ3) is 5.50. The van der Waals surface area contributed by atoms with Crippen molar-refractivity contribution >= 4 is 33.3 Å². The molecule has 0 aliphatic carbocycles. The predicted molar refractivity (Wildman–Crippen MR) is 120 cm³/mol. The van der Waals surface area contributed by atoms with Gasteiger partial charge in [-0.05, 0) is 54.6 Å². The first-order chi connectivity index (χ1) is 15.2. The van der Waals surface area contributed by atoms with Gasteiger partial charge >= 0.3 is 5.97 Å². The maximum absolute atomic E-state index is 14.0. The van der Waals surface area contributed by atoms with Crippen molar-refractivity contribution in [1.29, 1.82) is 0 Å². The molecule has 0 aromatic heterocycles. The number of benzene rings is 3. The minimum atomic E-state index is -3.70. The topological polar surface area (TPSA) is 92.8 Å². The molecule has 3 aromatic carbocycles. The molecule has 0 aliphatic heterocycles. The number of halogens is 1. The van der Waals surface area contributed by atoms with Crippen LogP contribution in [-0.4, -0.2) is 33.7 Å². The molecule has 0 saturated heterocycles. The molecule has 0 radical (unpaired) electrons. The van der Waals surface area contributed by atoms with Gasteiger partial charge in [-0.2, -0.15) is 0 Å². The van der Waals surface area contributed by atoms with E-state index in [1.165, 1.54) is 61.7 Å². The monoisotopic (exact) mass is 456 g/mol. The summed E-state index contributed by atoms with van der Waals surface area (Å²) in [4.78, 5) is 24.0. The smallest absolute Gasteiger partial charge is 0.337 e. The summed E-state index contributed by atoms with van der Waals surface area (Å²) in [6, 6.07) is 18.0. The Morgan fingerprint density at radius 2 is 1.53 bits per heavy atom. The van der Waals surface area contributed by atoms with Gasteiger partial charge in [-0.15, -0.1) is 0 Å². The van der Waals surface area contributed by atoms with Crippen LogP contribution >= 0.6 is 0 Å². The van der Waals surface area contributed by atoms with E-state index in [-0.39, 0.29) is 12.1 Å². The van der Waals surface area contributed by atoms with Gasteiger partial charge in [0.1, 0.15) is 5.82 Å². The molecule has 3 aromatic rings. The van der Waals surface area contributed by atoms with Gasteiger partial charge in [-0.25, -0.2) is 17.6 Å². The third-order valence-corrected chi connectivity index (χ3v) is 5.79. The van der Waals surface area contributed by atoms with E-state index in [1.54, 1.807) is 18.2 Å². The average Bonchev–Trinajstić information content (AvgIpc) is 2.78. The van der Waals surface area contributed by atoms with Crippen molar-refractivity contribution in [3.63, 3.8) is 0 Å². The number of methoxy groups -OCH3 is 1. The summed E-state index contributed by atoms with van der Waals surface area (Å²) in [6.45, 7) is -0.177. The number of nitrogens with one attached hydrogen (secondary N) is 1. The normalized spacial score (nSPS) is 11.0. The SMILES string of the molecule is COC(=O)c1ccc(NC(=O)c2ccc(N(Cc3ccccc3F)S(C)(=O)=O)cc2)cc1. The van der Waals surface area contributed by atoms with Gasteiger partial charge in [-0.3, -0.25) is 9.10 Å². The molecule has 166 valence electrons. The molecule has 0 aliphatic rings. The molecule has 0 atom stereocenters. The van der Waals surface area contributed by atoms with Gasteiger partial charge in [0.25, 0.3) is 5.91 Å². The maximum Gasteiger partial charge on any atom is 0.337 e. The number of rotatable bonds is 7. The van der Waals surface area contributed by atoms with E-state index in [1.807, 2.05) is 0 Å². The lowest BCUT2D eigenvalue weighted by atomic mass is 10.1. The largest absolute Gasteiger partial charge is 0.465 e. The minimum absolute atomic E-state index is 0.177. The Bertz CT molecular complexity index is 1230. The molecule has 1 N–H and O–H groups in total. The van der Waals surface area contributed by atoms with Crippen molar-refractivity contribution < 1.29 is 27.1 Å². The van der Waals surface area contributed by atoms with Crippen LogP contribution in [0.3, 0.4) is 0 Å². The number of carbonyl (C=O) groups excluding carboxylic acids is 2. The highest BCUT2D eigenvalue weighted by Gasteiger charge is 2.20. The van der Waals surface area contributed by atoms with Gasteiger partial charge in [-0.1, -0.05) is 18.2 Å². The van der Waals surface area contributed by atoms with E-state index in [9.17, 15) is 22.4 Å². The Hall–Kier alpha value is -3.72. The number of carbonyl (C=O) groups is 2. The Morgan fingerprint density at radius 3 is 2.09 bits per heavy atom. The molecule has 3 rings (SSSR count). The molecule has 1 amide bonds. The fraction of sp³-hybridized carbons (Fsp3) is 0.130. The second-order valence-electron chi connectivity index (χ2n) is 6.93. The van der Waals surface area contributed by atoms with Crippen LogP contribution in [0.2, 0.25) is 0 Å². The van der Waals surface area contributed by atoms with E-state index in [4.69, 9.17) is 0 Å². The van der Waals surface area contributed by atoms with Crippen LogP contribution in [0.25, 0.3) is 0 Å². The summed E-state index contributed by atoms with van der Waals surface area (Å²) < 4.78 is 44.3. The summed E-state index contributed by atoms with van der Waals surface area (Å²) >= 11 is 0. The number of sulfonamides is 1. The number of hydrogen-bond donors (Lipinski definition) is 1. The summed E-state index contributed by atoms with van der Waals surface area (Å²) in [5.41, 5.74) is 1.66. The predicted octanol–water partition coefficient (Wildman–Crippen LogP) is 3.83. The van der Waals surface area contributed by atoms with Gasteiger partial charge in [0.05, 0.1) is 31.2 Å². The van der Waals surface area contributed by atoms with Crippen LogP contribution in [0.15, 0.2) is 72.8 Å². The summed E-state index contributed by atoms with van der Waals surface area (Å²) in [7, 11) is -2.42. The molecule has 0 heterocycles. The molecule has 0 bridgehead atoms. The average molecular weight is 456 g/mol. The molecule has 32 heavy (non-hydrogen) atoms. The number of esters is 1. The van der Waals surface area contributed by atoms with Crippen molar-refractivity contribution in [2.45, 2.75) is 6.54 Å². The van der Waals surface area contributed by atoms with Gasteiger partial charge in [0.2, 0.25) is 10.0 Å². The molecule has 7 nitrogen and oxygen atoms in total. The fourth-order valence-electron chi connectivity index (χ4n) is 2.97. The molecule has 0 unspecified atom stereocenters. The lowest BCUT2D eigenvalue weighted by Crippen LogP contribution is -2.29. The first-order valence-electron chi connectivity index (χ1n) is 9.50. The number of hydrogen-bond acceptors (Lipinski definition) is 5. The summed E-state index contributed by atoms with van der Waals surface area (Å²) in [5, 5.41) is 2.70. The van der Waals surface area contributed by atoms with Crippen molar-refractivity contribution in [1.82, 2.24) is 0 Å². The van der Waals surface area contributed by atoms with Crippen LogP contribution < -0.4 is 9.62 Å². The zero-order valence-electron chi connectivity index (χ0n) is 17.4. The van der Waals surface area contributed by atoms with Gasteiger partial charge < -0.3 is 10.1 Å². The number of ether oxygens (including phenoxy) is 1. The zero-order chi connectivity index (χ0) is 23.3. The van der Waals surface area contributed by atoms with Crippen LogP contribution in [0.4, 0.5) is 15.8 Å². The van der Waals surface area contributed by atoms with E-state index in [0.29, 0.717) is 22.5 Å². The van der Waals surface area contributed by atoms with Gasteiger partial charge in [0, 0.05) is 16.8 Å². The first kappa shape index (κ1) is 23.0. The highest BCUT2D eigenvalue weighted by Crippen LogP contribution is 2.23. The number of nitrogens with zero attached hydrogens (tertiary/aromatic N) is 1. The Kier molecular flexibility index (Phi) is 6.89. The van der Waals surface area contributed by atoms with Crippen molar-refractivity contribution in [3.05, 3.63) is 95.3 Å². The Morgan fingerprint density at radius 1 is 0.938 bits per heavy atom. The quantitative estimate of drug-likeness (QED) is 0.546. The van der Waals surface area contributed by atoms with E-state index >= 15 is 0 Å². The fourth-order valence-corrected chi connectivity index (χ4v) is 3.85. The number of amides is 1. The number of anilines is 2. The zero-order valence-corrected chi connectivity index (χ0v) is 18.2. The van der Waals surface area contributed by atoms with Crippen LogP contribution in [-0.2, 0) is 21.3 Å². The van der Waals surface area contributed by atoms with Crippen LogP contribution in [0, 0.1) is 5.82 Å². The molecule has 0 fully saturated rings. The summed E-state index contributed by atoms with van der Waals surface area (Å²) in [6.07, 6.45) is 1.03. The van der Waals surface area contributed by atoms with Crippen molar-refractivity contribution in [2.24, 2.45) is 0 Å². The van der Waals surface area contributed by atoms with Gasteiger partial charge in [0.15, 0.2) is 0 Å². The van der Waals surface area contributed by atoms with Crippen molar-refractivity contribution in [3.8, 4) is 0 Å². The van der Waals surface area contributed by atoms with E-state index in [0.717, 1.165) is 10.6 Å².